The fraction of sp³-hybridized carbons (Fsp3) is 0.531. The molecule has 6 rings (SSSR count). The zero-order chi connectivity index (χ0) is 27.9. The van der Waals surface area contributed by atoms with Crippen LogP contribution in [0.15, 0.2) is 48.5 Å². The maximum Gasteiger partial charge on any atom is 0.221 e. The van der Waals surface area contributed by atoms with Crippen LogP contribution in [0.1, 0.15) is 101 Å². The maximum absolute atomic E-state index is 6.61. The molecule has 2 heterocycles. The van der Waals surface area contributed by atoms with Gasteiger partial charge in [0.25, 0.3) is 0 Å². The van der Waals surface area contributed by atoms with Crippen LogP contribution in [0.4, 0.5) is 0 Å². The number of H-pyrrole nitrogens is 1. The molecule has 0 radical (unpaired) electrons. The van der Waals surface area contributed by atoms with Crippen molar-refractivity contribution in [3.8, 4) is 22.5 Å². The average molecular weight is 556 g/mol. The Balaban J connectivity index is 1.22. The Bertz CT molecular complexity index is 1340. The van der Waals surface area contributed by atoms with E-state index in [4.69, 9.17) is 19.6 Å². The van der Waals surface area contributed by atoms with E-state index >= 15 is 0 Å². The summed E-state index contributed by atoms with van der Waals surface area (Å²) < 4.78 is 15.3. The van der Waals surface area contributed by atoms with Crippen molar-refractivity contribution in [2.75, 3.05) is 0 Å². The molecule has 9 nitrogen and oxygen atoms in total. The number of hydrogen-bond acceptors (Lipinski definition) is 7. The third kappa shape index (κ3) is 6.90. The van der Waals surface area contributed by atoms with Crippen LogP contribution >= 0.6 is 0 Å². The first-order chi connectivity index (χ1) is 20.3. The van der Waals surface area contributed by atoms with Gasteiger partial charge in [-0.3, -0.25) is 0 Å². The lowest BCUT2D eigenvalue weighted by Gasteiger charge is -2.30. The molecule has 2 aromatic carbocycles. The van der Waals surface area contributed by atoms with E-state index in [2.05, 4.69) is 62.6 Å². The predicted molar refractivity (Wildman–Crippen MR) is 157 cm³/mol. The summed E-state index contributed by atoms with van der Waals surface area (Å²) >= 11 is 0. The summed E-state index contributed by atoms with van der Waals surface area (Å²) in [6, 6.07) is 16.8. The smallest absolute Gasteiger partial charge is 0.221 e. The molecule has 1 N–H and O–H groups in total. The van der Waals surface area contributed by atoms with Crippen LogP contribution in [0.5, 0.6) is 0 Å². The molecule has 0 amide bonds. The van der Waals surface area contributed by atoms with E-state index in [1.807, 2.05) is 18.2 Å². The first-order valence-corrected chi connectivity index (χ1v) is 15.4. The van der Waals surface area contributed by atoms with E-state index in [-0.39, 0.29) is 12.2 Å². The molecule has 0 saturated heterocycles. The van der Waals surface area contributed by atoms with Gasteiger partial charge in [-0.15, -0.1) is 10.2 Å². The summed E-state index contributed by atoms with van der Waals surface area (Å²) in [5.74, 6) is 2.21. The zero-order valence-electron chi connectivity index (χ0n) is 24.0. The summed E-state index contributed by atoms with van der Waals surface area (Å²) in [5, 5.41) is 19.6. The molecule has 2 aliphatic rings. The molecule has 4 aromatic rings. The second-order valence-electron chi connectivity index (χ2n) is 11.4. The van der Waals surface area contributed by atoms with Crippen molar-refractivity contribution in [1.29, 1.82) is 0 Å². The van der Waals surface area contributed by atoms with E-state index in [0.29, 0.717) is 18.1 Å². The Morgan fingerprint density at radius 1 is 0.854 bits per heavy atom. The van der Waals surface area contributed by atoms with Crippen molar-refractivity contribution in [3.05, 3.63) is 65.7 Å². The van der Waals surface area contributed by atoms with Crippen molar-refractivity contribution < 1.29 is 9.47 Å². The number of nitrogens with zero attached hydrogens (tertiary/aromatic N) is 6. The van der Waals surface area contributed by atoms with Crippen molar-refractivity contribution in [3.63, 3.8) is 0 Å². The van der Waals surface area contributed by atoms with Gasteiger partial charge in [0.15, 0.2) is 0 Å². The van der Waals surface area contributed by atoms with Gasteiger partial charge in [0.1, 0.15) is 5.82 Å². The molecule has 2 aliphatic carbocycles. The number of tetrazole rings is 1. The predicted octanol–water partition coefficient (Wildman–Crippen LogP) is 6.82. The van der Waals surface area contributed by atoms with Gasteiger partial charge in [-0.25, -0.2) is 9.67 Å². The minimum Gasteiger partial charge on any atom is -0.342 e. The van der Waals surface area contributed by atoms with Gasteiger partial charge in [0, 0.05) is 18.5 Å². The van der Waals surface area contributed by atoms with Gasteiger partial charge in [-0.2, -0.15) is 10.3 Å². The Labute approximate surface area is 242 Å². The van der Waals surface area contributed by atoms with Gasteiger partial charge >= 0.3 is 0 Å². The van der Waals surface area contributed by atoms with Crippen molar-refractivity contribution in [1.82, 2.24) is 35.4 Å². The van der Waals surface area contributed by atoms with Gasteiger partial charge < -0.3 is 9.47 Å². The molecular weight excluding hydrogens is 514 g/mol. The lowest BCUT2D eigenvalue weighted by molar-refractivity contribution is -0.212. The van der Waals surface area contributed by atoms with Crippen molar-refractivity contribution in [2.45, 2.75) is 109 Å². The first kappa shape index (κ1) is 27.7. The highest BCUT2D eigenvalue weighted by molar-refractivity contribution is 5.80. The number of nitrogens with one attached hydrogen (secondary N) is 1. The normalized spacial score (nSPS) is 16.9. The lowest BCUT2D eigenvalue weighted by atomic mass is 9.97. The van der Waals surface area contributed by atoms with Crippen molar-refractivity contribution in [2.24, 2.45) is 0 Å². The first-order valence-electron chi connectivity index (χ1n) is 15.4. The quantitative estimate of drug-likeness (QED) is 0.202. The van der Waals surface area contributed by atoms with Crippen LogP contribution in [0.3, 0.4) is 0 Å². The number of ether oxygens (including phenoxy) is 2. The number of aryl methyl sites for hydroxylation is 1. The molecule has 9 heteroatoms. The Morgan fingerprint density at radius 2 is 1.51 bits per heavy atom. The molecule has 0 bridgehead atoms. The third-order valence-electron chi connectivity index (χ3n) is 8.29. The van der Waals surface area contributed by atoms with Crippen LogP contribution in [0, 0.1) is 0 Å². The molecule has 41 heavy (non-hydrogen) atoms. The third-order valence-corrected chi connectivity index (χ3v) is 8.29. The minimum atomic E-state index is -0.498. The molecule has 2 saturated carbocycles. The molecule has 0 aliphatic heterocycles. The van der Waals surface area contributed by atoms with E-state index in [0.717, 1.165) is 61.2 Å². The zero-order valence-corrected chi connectivity index (χ0v) is 24.0. The number of benzene rings is 2. The Hall–Kier alpha value is -3.43. The SMILES string of the molecule is CCCn1nc(C(OC2CCCCC2)OC2CCCCC2)nc1Cc1ccc(-c2ccccc2-c2nn[nH]n2)cc1. The topological polar surface area (TPSA) is 104 Å². The van der Waals surface area contributed by atoms with Gasteiger partial charge in [0.05, 0.1) is 12.2 Å². The standard InChI is InChI=1S/C32H41N7O2/c1-2-21-39-29(22-23-17-19-24(20-18-23)27-15-9-10-16-28(27)30-34-37-38-35-30)33-31(36-39)32(40-25-11-5-3-6-12-25)41-26-13-7-4-8-14-26/h9-10,15-20,25-26,32H,2-8,11-14,21-22H2,1H3,(H,34,35,37,38). The van der Waals surface area contributed by atoms with Gasteiger partial charge in [-0.1, -0.05) is 94.0 Å². The van der Waals surface area contributed by atoms with E-state index < -0.39 is 6.29 Å². The Kier molecular flexibility index (Phi) is 9.12. The van der Waals surface area contributed by atoms with Crippen LogP contribution in [-0.2, 0) is 22.4 Å². The highest BCUT2D eigenvalue weighted by Gasteiger charge is 2.29. The van der Waals surface area contributed by atoms with Crippen LogP contribution in [0.25, 0.3) is 22.5 Å². The molecule has 0 spiro atoms. The fourth-order valence-electron chi connectivity index (χ4n) is 6.11. The Morgan fingerprint density at radius 3 is 2.12 bits per heavy atom. The van der Waals surface area contributed by atoms with Crippen LogP contribution in [-0.4, -0.2) is 47.6 Å². The average Bonchev–Trinajstić information content (AvgIpc) is 3.70. The van der Waals surface area contributed by atoms with Gasteiger partial charge in [-0.05, 0) is 54.0 Å². The highest BCUT2D eigenvalue weighted by atomic mass is 16.7. The number of aromatic amines is 1. The summed E-state index contributed by atoms with van der Waals surface area (Å²) in [5.41, 5.74) is 4.30. The molecule has 2 aromatic heterocycles. The summed E-state index contributed by atoms with van der Waals surface area (Å²) in [7, 11) is 0. The van der Waals surface area contributed by atoms with Crippen molar-refractivity contribution >= 4 is 0 Å². The molecule has 0 unspecified atom stereocenters. The number of rotatable bonds is 11. The van der Waals surface area contributed by atoms with E-state index in [9.17, 15) is 0 Å². The van der Waals surface area contributed by atoms with Gasteiger partial charge in [0.2, 0.25) is 17.9 Å². The van der Waals surface area contributed by atoms with Crippen LogP contribution in [0.2, 0.25) is 0 Å². The van der Waals surface area contributed by atoms with E-state index in [1.54, 1.807) is 0 Å². The fourth-order valence-corrected chi connectivity index (χ4v) is 6.11. The summed E-state index contributed by atoms with van der Waals surface area (Å²) in [6.07, 6.45) is 13.5. The maximum atomic E-state index is 6.61. The lowest BCUT2D eigenvalue weighted by Crippen LogP contribution is -2.27. The second-order valence-corrected chi connectivity index (χ2v) is 11.4. The van der Waals surface area contributed by atoms with E-state index in [1.165, 1.54) is 44.1 Å². The molecular formula is C32H41N7O2. The number of hydrogen-bond donors (Lipinski definition) is 1. The second kappa shape index (κ2) is 13.5. The number of aromatic nitrogens is 7. The monoisotopic (exact) mass is 555 g/mol. The van der Waals surface area contributed by atoms with Crippen LogP contribution < -0.4 is 0 Å². The molecule has 216 valence electrons. The molecule has 0 atom stereocenters. The highest BCUT2D eigenvalue weighted by Crippen LogP contribution is 2.32. The minimum absolute atomic E-state index is 0.224. The summed E-state index contributed by atoms with van der Waals surface area (Å²) in [6.45, 7) is 2.99. The summed E-state index contributed by atoms with van der Waals surface area (Å²) in [4.78, 5) is 5.06. The largest absolute Gasteiger partial charge is 0.342 e. The molecule has 2 fully saturated rings.